The Bertz CT molecular complexity index is 457. The van der Waals surface area contributed by atoms with Crippen LogP contribution in [0.4, 0.5) is 0 Å². The van der Waals surface area contributed by atoms with Crippen molar-refractivity contribution in [3.63, 3.8) is 0 Å². The number of nitrogens with one attached hydrogen (secondary N) is 1. The third kappa shape index (κ3) is 4.85. The van der Waals surface area contributed by atoms with E-state index in [1.165, 1.54) is 6.92 Å². The summed E-state index contributed by atoms with van der Waals surface area (Å²) in [5, 5.41) is 11.1. The molecule has 0 saturated heterocycles. The van der Waals surface area contributed by atoms with Crippen LogP contribution in [-0.4, -0.2) is 23.5 Å². The number of carboxylic acid groups (broad SMARTS) is 1. The maximum Gasteiger partial charge on any atom is 0.308 e. The lowest BCUT2D eigenvalue weighted by Crippen LogP contribution is -2.30. The van der Waals surface area contributed by atoms with Crippen molar-refractivity contribution in [3.05, 3.63) is 35.9 Å². The minimum Gasteiger partial charge on any atom is -0.481 e. The lowest BCUT2D eigenvalue weighted by Gasteiger charge is -2.04. The Kier molecular flexibility index (Phi) is 4.77. The molecule has 2 N–H and O–H groups in total. The van der Waals surface area contributed by atoms with Gasteiger partial charge in [-0.25, -0.2) is 0 Å². The second kappa shape index (κ2) is 6.33. The van der Waals surface area contributed by atoms with Crippen LogP contribution < -0.4 is 5.32 Å². The molecule has 0 saturated carbocycles. The van der Waals surface area contributed by atoms with Gasteiger partial charge in [0.25, 0.3) is 5.91 Å². The number of carbonyl (C=O) groups excluding carboxylic acids is 1. The molecule has 4 nitrogen and oxygen atoms in total. The summed E-state index contributed by atoms with van der Waals surface area (Å²) < 4.78 is 0. The Balaban J connectivity index is 2.46. The summed E-state index contributed by atoms with van der Waals surface area (Å²) in [7, 11) is 0. The first kappa shape index (κ1) is 12.8. The molecule has 0 bridgehead atoms. The molecule has 0 spiro atoms. The Morgan fingerprint density at radius 1 is 1.35 bits per heavy atom. The second-order valence-corrected chi connectivity index (χ2v) is 3.57. The summed E-state index contributed by atoms with van der Waals surface area (Å²) in [5.74, 6) is 3.06. The molecule has 1 aromatic rings. The van der Waals surface area contributed by atoms with E-state index in [1.54, 1.807) is 12.1 Å². The maximum absolute atomic E-state index is 11.3. The van der Waals surface area contributed by atoms with E-state index in [4.69, 9.17) is 5.11 Å². The normalized spacial score (nSPS) is 10.9. The number of rotatable bonds is 3. The van der Waals surface area contributed by atoms with E-state index in [9.17, 15) is 9.59 Å². The van der Waals surface area contributed by atoms with Crippen LogP contribution in [0, 0.1) is 17.8 Å². The molecule has 0 aliphatic carbocycles. The zero-order valence-corrected chi connectivity index (χ0v) is 9.43. The average Bonchev–Trinajstić information content (AvgIpc) is 2.34. The fourth-order valence-corrected chi connectivity index (χ4v) is 1.03. The Labute approximate surface area is 99.7 Å². The molecule has 0 aromatic heterocycles. The van der Waals surface area contributed by atoms with Gasteiger partial charge in [-0.05, 0) is 12.1 Å². The molecule has 1 aromatic carbocycles. The van der Waals surface area contributed by atoms with Gasteiger partial charge in [0, 0.05) is 18.0 Å². The van der Waals surface area contributed by atoms with Crippen molar-refractivity contribution in [3.8, 4) is 11.8 Å². The molecule has 0 radical (unpaired) electrons. The number of benzene rings is 1. The molecule has 17 heavy (non-hydrogen) atoms. The maximum atomic E-state index is 11.3. The van der Waals surface area contributed by atoms with Crippen molar-refractivity contribution in [2.24, 2.45) is 5.92 Å². The van der Waals surface area contributed by atoms with Gasteiger partial charge in [-0.15, -0.1) is 0 Å². The molecule has 0 heterocycles. The lowest BCUT2D eigenvalue weighted by molar-refractivity contribution is -0.141. The van der Waals surface area contributed by atoms with Crippen molar-refractivity contribution in [1.82, 2.24) is 5.32 Å². The fourth-order valence-electron chi connectivity index (χ4n) is 1.03. The van der Waals surface area contributed by atoms with E-state index >= 15 is 0 Å². The third-order valence-electron chi connectivity index (χ3n) is 2.08. The number of carboxylic acids is 1. The van der Waals surface area contributed by atoms with Gasteiger partial charge in [-0.3, -0.25) is 9.59 Å². The van der Waals surface area contributed by atoms with Crippen LogP contribution in [0.2, 0.25) is 0 Å². The molecule has 0 aliphatic heterocycles. The van der Waals surface area contributed by atoms with E-state index in [2.05, 4.69) is 17.2 Å². The third-order valence-corrected chi connectivity index (χ3v) is 2.08. The summed E-state index contributed by atoms with van der Waals surface area (Å²) in [6, 6.07) is 9.10. The number of hydrogen-bond acceptors (Lipinski definition) is 2. The van der Waals surface area contributed by atoms with E-state index < -0.39 is 17.8 Å². The van der Waals surface area contributed by atoms with Crippen LogP contribution >= 0.6 is 0 Å². The Hall–Kier alpha value is -2.28. The summed E-state index contributed by atoms with van der Waals surface area (Å²) >= 11 is 0. The van der Waals surface area contributed by atoms with Crippen molar-refractivity contribution >= 4 is 11.9 Å². The van der Waals surface area contributed by atoms with E-state index in [1.807, 2.05) is 18.2 Å². The van der Waals surface area contributed by atoms with E-state index in [-0.39, 0.29) is 6.54 Å². The van der Waals surface area contributed by atoms with Gasteiger partial charge in [0.15, 0.2) is 0 Å². The first-order chi connectivity index (χ1) is 8.09. The minimum atomic E-state index is -0.943. The average molecular weight is 231 g/mol. The lowest BCUT2D eigenvalue weighted by atomic mass is 10.2. The topological polar surface area (TPSA) is 66.4 Å². The van der Waals surface area contributed by atoms with Crippen LogP contribution in [-0.2, 0) is 9.59 Å². The van der Waals surface area contributed by atoms with Crippen LogP contribution in [0.25, 0.3) is 0 Å². The number of carbonyl (C=O) groups is 2. The first-order valence-electron chi connectivity index (χ1n) is 5.17. The van der Waals surface area contributed by atoms with Gasteiger partial charge in [0.05, 0.1) is 5.92 Å². The summed E-state index contributed by atoms with van der Waals surface area (Å²) in [6.07, 6.45) is 0. The summed E-state index contributed by atoms with van der Waals surface area (Å²) in [6.45, 7) is 1.60. The predicted molar refractivity (Wildman–Crippen MR) is 63.1 cm³/mol. The smallest absolute Gasteiger partial charge is 0.308 e. The molecule has 1 amide bonds. The SMILES string of the molecule is CC(CNC(=O)C#Cc1ccccc1)C(=O)O. The van der Waals surface area contributed by atoms with E-state index in [0.29, 0.717) is 0 Å². The van der Waals surface area contributed by atoms with Crippen molar-refractivity contribution in [2.45, 2.75) is 6.92 Å². The standard InChI is InChI=1S/C13H13NO3/c1-10(13(16)17)9-14-12(15)8-7-11-5-3-2-4-6-11/h2-6,10H,9H2,1H3,(H,14,15)(H,16,17). The quantitative estimate of drug-likeness (QED) is 0.759. The number of aliphatic carboxylic acids is 1. The Morgan fingerprint density at radius 3 is 2.59 bits per heavy atom. The highest BCUT2D eigenvalue weighted by atomic mass is 16.4. The monoisotopic (exact) mass is 231 g/mol. The molecule has 1 rings (SSSR count). The number of hydrogen-bond donors (Lipinski definition) is 2. The van der Waals surface area contributed by atoms with Crippen LogP contribution in [0.15, 0.2) is 30.3 Å². The van der Waals surface area contributed by atoms with Gasteiger partial charge in [-0.1, -0.05) is 31.0 Å². The largest absolute Gasteiger partial charge is 0.481 e. The van der Waals surface area contributed by atoms with Gasteiger partial charge >= 0.3 is 5.97 Å². The van der Waals surface area contributed by atoms with Crippen molar-refractivity contribution in [2.75, 3.05) is 6.54 Å². The van der Waals surface area contributed by atoms with Crippen LogP contribution in [0.5, 0.6) is 0 Å². The fraction of sp³-hybridized carbons (Fsp3) is 0.231. The molecule has 1 atom stereocenters. The molecular weight excluding hydrogens is 218 g/mol. The molecular formula is C13H13NO3. The molecule has 4 heteroatoms. The van der Waals surface area contributed by atoms with Crippen LogP contribution in [0.3, 0.4) is 0 Å². The zero-order valence-electron chi connectivity index (χ0n) is 9.43. The minimum absolute atomic E-state index is 0.0810. The predicted octanol–water partition coefficient (Wildman–Crippen LogP) is 0.875. The first-order valence-corrected chi connectivity index (χ1v) is 5.17. The summed E-state index contributed by atoms with van der Waals surface area (Å²) in [4.78, 5) is 21.8. The highest BCUT2D eigenvalue weighted by molar-refractivity contribution is 5.94. The van der Waals surface area contributed by atoms with Gasteiger partial charge in [0.1, 0.15) is 0 Å². The zero-order chi connectivity index (χ0) is 12.7. The highest BCUT2D eigenvalue weighted by Gasteiger charge is 2.10. The van der Waals surface area contributed by atoms with E-state index in [0.717, 1.165) is 5.56 Å². The van der Waals surface area contributed by atoms with Gasteiger partial charge in [0.2, 0.25) is 0 Å². The Morgan fingerprint density at radius 2 is 2.00 bits per heavy atom. The van der Waals surface area contributed by atoms with Gasteiger partial charge in [-0.2, -0.15) is 0 Å². The second-order valence-electron chi connectivity index (χ2n) is 3.57. The molecule has 1 unspecified atom stereocenters. The number of amides is 1. The van der Waals surface area contributed by atoms with Gasteiger partial charge < -0.3 is 10.4 Å². The van der Waals surface area contributed by atoms with Crippen LogP contribution in [0.1, 0.15) is 12.5 Å². The van der Waals surface area contributed by atoms with Crippen molar-refractivity contribution < 1.29 is 14.7 Å². The molecule has 88 valence electrons. The summed E-state index contributed by atoms with van der Waals surface area (Å²) in [5.41, 5.74) is 0.744. The molecule has 0 aliphatic rings. The molecule has 0 fully saturated rings. The van der Waals surface area contributed by atoms with Crippen molar-refractivity contribution in [1.29, 1.82) is 0 Å². The highest BCUT2D eigenvalue weighted by Crippen LogP contribution is 1.94.